The number of hydrogen-bond donors (Lipinski definition) is 1. The van der Waals surface area contributed by atoms with E-state index in [1.807, 2.05) is 19.2 Å². The Labute approximate surface area is 127 Å². The lowest BCUT2D eigenvalue weighted by Gasteiger charge is -2.25. The van der Waals surface area contributed by atoms with Crippen LogP contribution in [0.4, 0.5) is 5.69 Å². The van der Waals surface area contributed by atoms with Gasteiger partial charge in [0.1, 0.15) is 0 Å². The normalized spacial score (nSPS) is 20.9. The van der Waals surface area contributed by atoms with Gasteiger partial charge in [-0.05, 0) is 31.0 Å². The maximum absolute atomic E-state index is 11.6. The monoisotopic (exact) mass is 311 g/mol. The van der Waals surface area contributed by atoms with Crippen molar-refractivity contribution >= 4 is 15.5 Å². The smallest absolute Gasteiger partial charge is 0.152 e. The fourth-order valence-corrected chi connectivity index (χ4v) is 4.34. The molecular weight excluding hydrogens is 286 g/mol. The maximum atomic E-state index is 11.6. The van der Waals surface area contributed by atoms with E-state index in [4.69, 9.17) is 0 Å². The molecule has 1 aliphatic heterocycles. The third-order valence-corrected chi connectivity index (χ3v) is 5.57. The van der Waals surface area contributed by atoms with Gasteiger partial charge >= 0.3 is 0 Å². The highest BCUT2D eigenvalue weighted by Crippen LogP contribution is 2.23. The third kappa shape index (κ3) is 4.68. The Morgan fingerprint density at radius 1 is 1.48 bits per heavy atom. The summed E-state index contributed by atoms with van der Waals surface area (Å²) >= 11 is 0. The molecule has 0 radical (unpaired) electrons. The van der Waals surface area contributed by atoms with E-state index in [0.29, 0.717) is 18.1 Å². The average molecular weight is 311 g/mol. The molecule has 1 aliphatic rings. The topological polar surface area (TPSA) is 62.3 Å². The molecule has 6 heteroatoms. The largest absolute Gasteiger partial charge is 0.370 e. The summed E-state index contributed by atoms with van der Waals surface area (Å²) < 4.78 is 23.2. The van der Waals surface area contributed by atoms with Crippen LogP contribution in [0.15, 0.2) is 18.3 Å². The fourth-order valence-electron chi connectivity index (χ4n) is 2.56. The molecule has 1 unspecified atom stereocenters. The second-order valence-electron chi connectivity index (χ2n) is 6.20. The molecule has 1 fully saturated rings. The zero-order valence-corrected chi connectivity index (χ0v) is 13.9. The molecule has 0 amide bonds. The van der Waals surface area contributed by atoms with Gasteiger partial charge in [0, 0.05) is 31.5 Å². The van der Waals surface area contributed by atoms with E-state index in [0.717, 1.165) is 24.5 Å². The number of anilines is 1. The Bertz CT molecular complexity index is 572. The van der Waals surface area contributed by atoms with Crippen LogP contribution >= 0.6 is 0 Å². The zero-order chi connectivity index (χ0) is 15.5. The first kappa shape index (κ1) is 16.2. The Hall–Kier alpha value is -1.14. The maximum Gasteiger partial charge on any atom is 0.152 e. The molecule has 5 nitrogen and oxygen atoms in total. The van der Waals surface area contributed by atoms with Crippen molar-refractivity contribution in [2.24, 2.45) is 5.92 Å². The van der Waals surface area contributed by atoms with Gasteiger partial charge in [-0.3, -0.25) is 4.98 Å². The van der Waals surface area contributed by atoms with Crippen LogP contribution in [-0.2, 0) is 16.4 Å². The van der Waals surface area contributed by atoms with Crippen LogP contribution in [0.5, 0.6) is 0 Å². The first-order valence-electron chi connectivity index (χ1n) is 7.46. The summed E-state index contributed by atoms with van der Waals surface area (Å²) in [5, 5.41) is 3.37. The minimum absolute atomic E-state index is 0.0777. The van der Waals surface area contributed by atoms with Gasteiger partial charge in [-0.2, -0.15) is 0 Å². The van der Waals surface area contributed by atoms with E-state index in [2.05, 4.69) is 29.0 Å². The van der Waals surface area contributed by atoms with Crippen molar-refractivity contribution in [3.8, 4) is 0 Å². The average Bonchev–Trinajstić information content (AvgIpc) is 2.78. The Kier molecular flexibility index (Phi) is 5.22. The second kappa shape index (κ2) is 6.75. The molecule has 21 heavy (non-hydrogen) atoms. The number of hydrogen-bond acceptors (Lipinski definition) is 5. The van der Waals surface area contributed by atoms with Crippen molar-refractivity contribution in [2.75, 3.05) is 30.0 Å². The lowest BCUT2D eigenvalue weighted by molar-refractivity contribution is 0.548. The third-order valence-electron chi connectivity index (χ3n) is 3.82. The van der Waals surface area contributed by atoms with Crippen molar-refractivity contribution in [1.29, 1.82) is 0 Å². The molecule has 1 saturated heterocycles. The molecule has 0 aromatic carbocycles. The van der Waals surface area contributed by atoms with Gasteiger partial charge in [-0.15, -0.1) is 0 Å². The number of nitrogens with one attached hydrogen (secondary N) is 1. The van der Waals surface area contributed by atoms with Crippen molar-refractivity contribution in [2.45, 2.75) is 32.9 Å². The minimum atomic E-state index is -2.85. The van der Waals surface area contributed by atoms with Gasteiger partial charge in [-0.25, -0.2) is 8.42 Å². The summed E-state index contributed by atoms with van der Waals surface area (Å²) in [4.78, 5) is 6.43. The number of aromatic nitrogens is 1. The molecule has 1 aromatic rings. The van der Waals surface area contributed by atoms with Crippen molar-refractivity contribution < 1.29 is 8.42 Å². The molecular formula is C15H25N3O2S. The van der Waals surface area contributed by atoms with Gasteiger partial charge in [0.15, 0.2) is 9.84 Å². The zero-order valence-electron chi connectivity index (χ0n) is 13.0. The summed E-state index contributed by atoms with van der Waals surface area (Å²) in [6.45, 7) is 6.04. The van der Waals surface area contributed by atoms with Gasteiger partial charge in [0.25, 0.3) is 0 Å². The number of pyridine rings is 1. The SMILES string of the molecule is CC(C)CNCc1cc(N(C)C2CCS(=O)(=O)C2)ccn1. The predicted molar refractivity (Wildman–Crippen MR) is 86.2 cm³/mol. The first-order valence-corrected chi connectivity index (χ1v) is 9.28. The lowest BCUT2D eigenvalue weighted by Crippen LogP contribution is -2.32. The quantitative estimate of drug-likeness (QED) is 0.861. The molecule has 2 rings (SSSR count). The summed E-state index contributed by atoms with van der Waals surface area (Å²) in [7, 11) is -0.888. The Morgan fingerprint density at radius 2 is 2.24 bits per heavy atom. The standard InChI is InChI=1S/C15H25N3O2S/c1-12(2)9-16-10-13-8-14(4-6-17-13)18(3)15-5-7-21(19,20)11-15/h4,6,8,12,15-16H,5,7,9-11H2,1-3H3. The molecule has 0 aliphatic carbocycles. The number of sulfone groups is 1. The Balaban J connectivity index is 2.00. The van der Waals surface area contributed by atoms with Crippen LogP contribution < -0.4 is 10.2 Å². The van der Waals surface area contributed by atoms with Crippen molar-refractivity contribution in [3.63, 3.8) is 0 Å². The highest BCUT2D eigenvalue weighted by molar-refractivity contribution is 7.91. The van der Waals surface area contributed by atoms with E-state index in [1.54, 1.807) is 6.20 Å². The van der Waals surface area contributed by atoms with E-state index >= 15 is 0 Å². The number of rotatable bonds is 6. The molecule has 0 bridgehead atoms. The molecule has 1 aromatic heterocycles. The summed E-state index contributed by atoms with van der Waals surface area (Å²) in [6.07, 6.45) is 2.50. The van der Waals surface area contributed by atoms with Crippen LogP contribution in [0, 0.1) is 5.92 Å². The van der Waals surface area contributed by atoms with E-state index < -0.39 is 9.84 Å². The second-order valence-corrected chi connectivity index (χ2v) is 8.43. The highest BCUT2D eigenvalue weighted by Gasteiger charge is 2.30. The molecule has 118 valence electrons. The summed E-state index contributed by atoms with van der Waals surface area (Å²) in [5.41, 5.74) is 2.02. The van der Waals surface area contributed by atoms with E-state index in [9.17, 15) is 8.42 Å². The van der Waals surface area contributed by atoms with Gasteiger partial charge in [0.2, 0.25) is 0 Å². The van der Waals surface area contributed by atoms with Gasteiger partial charge in [0.05, 0.1) is 17.2 Å². The molecule has 2 heterocycles. The first-order chi connectivity index (χ1) is 9.87. The van der Waals surface area contributed by atoms with Crippen LogP contribution in [-0.4, -0.2) is 44.5 Å². The Morgan fingerprint density at radius 3 is 2.86 bits per heavy atom. The van der Waals surface area contributed by atoms with Gasteiger partial charge < -0.3 is 10.2 Å². The molecule has 0 saturated carbocycles. The fraction of sp³-hybridized carbons (Fsp3) is 0.667. The lowest BCUT2D eigenvalue weighted by atomic mass is 10.2. The van der Waals surface area contributed by atoms with Crippen molar-refractivity contribution in [3.05, 3.63) is 24.0 Å². The van der Waals surface area contributed by atoms with Crippen LogP contribution in [0.3, 0.4) is 0 Å². The molecule has 0 spiro atoms. The van der Waals surface area contributed by atoms with Crippen LogP contribution in [0.1, 0.15) is 26.0 Å². The van der Waals surface area contributed by atoms with Crippen LogP contribution in [0.25, 0.3) is 0 Å². The minimum Gasteiger partial charge on any atom is -0.370 e. The highest BCUT2D eigenvalue weighted by atomic mass is 32.2. The molecule has 1 atom stereocenters. The predicted octanol–water partition coefficient (Wildman–Crippen LogP) is 1.45. The van der Waals surface area contributed by atoms with Gasteiger partial charge in [-0.1, -0.05) is 13.8 Å². The molecule has 1 N–H and O–H groups in total. The number of nitrogens with zero attached hydrogens (tertiary/aromatic N) is 2. The van der Waals surface area contributed by atoms with E-state index in [-0.39, 0.29) is 11.8 Å². The summed E-state index contributed by atoms with van der Waals surface area (Å²) in [6, 6.07) is 4.06. The van der Waals surface area contributed by atoms with E-state index in [1.165, 1.54) is 0 Å². The summed E-state index contributed by atoms with van der Waals surface area (Å²) in [5.74, 6) is 1.17. The van der Waals surface area contributed by atoms with Crippen LogP contribution in [0.2, 0.25) is 0 Å². The van der Waals surface area contributed by atoms with Crippen molar-refractivity contribution in [1.82, 2.24) is 10.3 Å².